The molecule has 5 N–H and O–H groups in total. The van der Waals surface area contributed by atoms with Crippen LogP contribution in [0.3, 0.4) is 0 Å². The molecule has 0 amide bonds. The molecule has 0 unspecified atom stereocenters. The lowest BCUT2D eigenvalue weighted by atomic mass is 10.2. The van der Waals surface area contributed by atoms with Crippen LogP contribution in [0.15, 0.2) is 106 Å². The zero-order valence-electron chi connectivity index (χ0n) is 49.5. The van der Waals surface area contributed by atoms with E-state index in [0.29, 0.717) is 100 Å². The number of halogens is 4. The normalized spacial score (nSPS) is 15.9. The van der Waals surface area contributed by atoms with Gasteiger partial charge in [-0.15, -0.1) is 39.4 Å². The highest BCUT2D eigenvalue weighted by atomic mass is 35.5. The molecule has 8 rings (SSSR count). The first-order valence-corrected chi connectivity index (χ1v) is 32.1. The standard InChI is InChI=1S/C11H14ClN5.C11H15ClN4O2.C8H9ClN4O2S.C7H8ClN5O2S.C7H13N3O2S.C5H8N2O2S/c1-16(2)11(15-8-13)17(3)7-9-4-5-10(12)14-6-9;1-3-15(11(13-2)8-16(17)18)7-9-4-5-10(12)14-6-9;9-8-11-3-6(16-8)4-12-2-1-10-7(12)5-13(14)15;8-6-10-3-5(16-6)4-12-2-1-9-7(12)11-13(14)15;1-13-5-4-9-3-2-8-7(9)6-10(11)12;8-7(9)4-5-6-2-1-3-10-5/h4-6H,7H2,1-3H3;4-6,8,13H,3,7H2,1-2H3;3,5,10H,1-2,4H2;3H,1-2,4H2,(H,9,11);6,8H,2-5H2,1H3;4,6H,1-3H2/b;11-8+;7-5+;;;. The lowest BCUT2D eigenvalue weighted by molar-refractivity contribution is -0.485. The molecule has 33 nitrogen and oxygen atoms in total. The van der Waals surface area contributed by atoms with E-state index in [0.717, 1.165) is 96.3 Å². The van der Waals surface area contributed by atoms with Crippen LogP contribution in [-0.2, 0) is 26.2 Å². The molecule has 0 spiro atoms. The third-order valence-corrected chi connectivity index (χ3v) is 15.8. The van der Waals surface area contributed by atoms with Crippen molar-refractivity contribution in [1.82, 2.24) is 75.9 Å². The lowest BCUT2D eigenvalue weighted by Gasteiger charge is -2.25. The fourth-order valence-corrected chi connectivity index (χ4v) is 11.2. The van der Waals surface area contributed by atoms with E-state index in [4.69, 9.17) is 51.7 Å². The van der Waals surface area contributed by atoms with Crippen LogP contribution in [0.5, 0.6) is 0 Å². The lowest BCUT2D eigenvalue weighted by Crippen LogP contribution is -2.37. The molecular weight excluding hydrogens is 1340 g/mol. The number of aliphatic imine (C=N–C) groups is 1. The fraction of sp³-hybridized carbons (Fsp3) is 0.449. The minimum Gasteiger partial charge on any atom is -0.375 e. The molecule has 41 heteroatoms. The molecule has 0 aliphatic carbocycles. The third kappa shape index (κ3) is 31.0. The molecule has 4 aliphatic heterocycles. The number of thioether (sulfide) groups is 2. The van der Waals surface area contributed by atoms with E-state index >= 15 is 0 Å². The fourth-order valence-electron chi connectivity index (χ4n) is 7.70. The van der Waals surface area contributed by atoms with Gasteiger partial charge in [0.1, 0.15) is 20.4 Å². The van der Waals surface area contributed by atoms with Crippen molar-refractivity contribution in [3.63, 3.8) is 0 Å². The molecule has 4 aliphatic rings. The van der Waals surface area contributed by atoms with Gasteiger partial charge < -0.3 is 56.0 Å². The summed E-state index contributed by atoms with van der Waals surface area (Å²) in [5.74, 6) is 4.49. The predicted molar refractivity (Wildman–Crippen MR) is 351 cm³/mol. The first-order chi connectivity index (χ1) is 42.9. The van der Waals surface area contributed by atoms with Crippen LogP contribution in [0.2, 0.25) is 19.2 Å². The number of nitro groups is 5. The van der Waals surface area contributed by atoms with Gasteiger partial charge in [0.05, 0.1) is 32.8 Å². The van der Waals surface area contributed by atoms with Crippen LogP contribution in [0.1, 0.15) is 34.2 Å². The number of hydrogen-bond acceptors (Lipinski definition) is 27. The number of nitrogens with zero attached hydrogens (tertiary/aromatic N) is 18. The van der Waals surface area contributed by atoms with Gasteiger partial charge >= 0.3 is 0 Å². The molecule has 490 valence electrons. The van der Waals surface area contributed by atoms with Crippen LogP contribution in [0.25, 0.3) is 0 Å². The van der Waals surface area contributed by atoms with Crippen molar-refractivity contribution in [2.75, 3.05) is 105 Å². The van der Waals surface area contributed by atoms with Crippen LogP contribution in [-0.4, -0.2) is 191 Å². The van der Waals surface area contributed by atoms with Crippen molar-refractivity contribution in [2.24, 2.45) is 10.1 Å². The number of pyridine rings is 2. The molecular formula is C49H67Cl4N23O10S4. The van der Waals surface area contributed by atoms with E-state index in [1.54, 1.807) is 71.7 Å². The highest BCUT2D eigenvalue weighted by Gasteiger charge is 2.23. The van der Waals surface area contributed by atoms with Crippen molar-refractivity contribution in [3.05, 3.63) is 187 Å². The highest BCUT2D eigenvalue weighted by molar-refractivity contribution is 8.03. The van der Waals surface area contributed by atoms with Crippen molar-refractivity contribution in [2.45, 2.75) is 39.5 Å². The second kappa shape index (κ2) is 42.1. The van der Waals surface area contributed by atoms with Crippen molar-refractivity contribution in [3.8, 4) is 6.19 Å². The maximum absolute atomic E-state index is 10.5. The van der Waals surface area contributed by atoms with Crippen LogP contribution >= 0.6 is 92.6 Å². The van der Waals surface area contributed by atoms with E-state index in [1.807, 2.05) is 66.1 Å². The summed E-state index contributed by atoms with van der Waals surface area (Å²) >= 11 is 28.8. The number of hydrogen-bond donors (Lipinski definition) is 5. The largest absolute Gasteiger partial charge is 0.375 e. The molecule has 4 saturated heterocycles. The number of aromatic nitrogens is 4. The van der Waals surface area contributed by atoms with Crippen molar-refractivity contribution >= 4 is 105 Å². The van der Waals surface area contributed by atoms with E-state index in [-0.39, 0.29) is 5.96 Å². The Bertz CT molecular complexity index is 3090. The minimum atomic E-state index is -0.708. The number of thiazole rings is 2. The van der Waals surface area contributed by atoms with Gasteiger partial charge in [0.25, 0.3) is 30.8 Å². The monoisotopic (exact) mass is 1410 g/mol. The minimum absolute atomic E-state index is 0.287. The summed E-state index contributed by atoms with van der Waals surface area (Å²) in [6.07, 6.45) is 15.6. The Morgan fingerprint density at radius 3 is 1.71 bits per heavy atom. The highest BCUT2D eigenvalue weighted by Crippen LogP contribution is 2.23. The molecule has 0 atom stereocenters. The van der Waals surface area contributed by atoms with Gasteiger partial charge in [0, 0.05) is 146 Å². The van der Waals surface area contributed by atoms with Gasteiger partial charge in [0.15, 0.2) is 31.4 Å². The molecule has 4 aromatic rings. The first-order valence-electron chi connectivity index (χ1n) is 26.6. The van der Waals surface area contributed by atoms with E-state index in [1.165, 1.54) is 34.4 Å². The Morgan fingerprint density at radius 2 is 1.27 bits per heavy atom. The Labute approximate surface area is 554 Å². The Kier molecular flexibility index (Phi) is 35.7. The number of guanidine groups is 2. The zero-order valence-corrected chi connectivity index (χ0v) is 55.8. The third-order valence-electron chi connectivity index (χ3n) is 11.5. The molecule has 4 aromatic heterocycles. The zero-order chi connectivity index (χ0) is 66.5. The Morgan fingerprint density at radius 1 is 0.733 bits per heavy atom. The molecule has 0 bridgehead atoms. The van der Waals surface area contributed by atoms with E-state index in [9.17, 15) is 50.6 Å². The molecule has 0 saturated carbocycles. The molecule has 8 heterocycles. The number of nitriles is 1. The summed E-state index contributed by atoms with van der Waals surface area (Å²) < 4.78 is 0.955. The predicted octanol–water partition coefficient (Wildman–Crippen LogP) is 6.56. The average molecular weight is 1410 g/mol. The number of rotatable bonds is 19. The van der Waals surface area contributed by atoms with Gasteiger partial charge in [0.2, 0.25) is 12.2 Å². The van der Waals surface area contributed by atoms with Crippen LogP contribution in [0, 0.1) is 62.0 Å². The van der Waals surface area contributed by atoms with Gasteiger partial charge in [-0.05, 0) is 42.9 Å². The summed E-state index contributed by atoms with van der Waals surface area (Å²) in [5.41, 5.74) is 1.94. The molecule has 90 heavy (non-hydrogen) atoms. The van der Waals surface area contributed by atoms with Crippen LogP contribution in [0.4, 0.5) is 0 Å². The summed E-state index contributed by atoms with van der Waals surface area (Å²) in [5, 5.41) is 78.6. The van der Waals surface area contributed by atoms with Gasteiger partial charge in [-0.3, -0.25) is 40.5 Å². The molecule has 0 radical (unpaired) electrons. The maximum atomic E-state index is 10.5. The summed E-state index contributed by atoms with van der Waals surface area (Å²) in [7, 11) is 7.20. The van der Waals surface area contributed by atoms with Gasteiger partial charge in [-0.1, -0.05) is 58.5 Å². The summed E-state index contributed by atoms with van der Waals surface area (Å²) in [4.78, 5) is 82.3. The Hall–Kier alpha value is -7.99. The second-order valence-corrected chi connectivity index (χ2v) is 24.5. The number of hydrazone groups is 1. The van der Waals surface area contributed by atoms with E-state index in [2.05, 4.69) is 56.6 Å². The van der Waals surface area contributed by atoms with Crippen molar-refractivity contribution in [1.29, 1.82) is 5.26 Å². The second-order valence-electron chi connectivity index (χ2n) is 18.2. The van der Waals surface area contributed by atoms with Gasteiger partial charge in [-0.2, -0.15) is 17.0 Å². The molecule has 0 aromatic carbocycles. The molecule has 4 fully saturated rings. The van der Waals surface area contributed by atoms with Gasteiger partial charge in [-0.25, -0.2) is 30.1 Å². The summed E-state index contributed by atoms with van der Waals surface area (Å²) in [6, 6.07) is 7.17. The van der Waals surface area contributed by atoms with Crippen molar-refractivity contribution < 1.29 is 24.7 Å². The maximum Gasteiger partial charge on any atom is 0.274 e. The quantitative estimate of drug-likeness (QED) is 0.0166. The summed E-state index contributed by atoms with van der Waals surface area (Å²) in [6.45, 7) is 11.0. The number of nitrogens with one attached hydrogen (secondary N) is 5. The Balaban J connectivity index is 0.000000284. The SMILES string of the molecule is CCN(Cc1ccc(Cl)nc1)/C(=C/[N+](=O)[O-])NC.CN(C)C(=NC#N)N(C)Cc1ccc(Cl)nc1.CSCCN1CCNC1=C[N+](=O)[O-].O=[N+]([O-])/C=C1\NCCN1Cc1cnc(Cl)s1.O=[N+]([O-])/N=C1\NCCN1Cc1cnc(Cl)s1.O=[N+]([O-])C=C1NCCCS1. The average Bonchev–Trinajstić information content (AvgIpc) is 4.11. The first kappa shape index (κ1) is 76.3. The van der Waals surface area contributed by atoms with E-state index < -0.39 is 24.7 Å². The smallest absolute Gasteiger partial charge is 0.274 e. The topological polar surface area (TPSA) is 395 Å². The van der Waals surface area contributed by atoms with Crippen LogP contribution < -0.4 is 26.6 Å².